The van der Waals surface area contributed by atoms with E-state index in [2.05, 4.69) is 33.7 Å². The van der Waals surface area contributed by atoms with Crippen molar-refractivity contribution >= 4 is 5.65 Å². The van der Waals surface area contributed by atoms with Gasteiger partial charge < -0.3 is 9.30 Å². The zero-order valence-electron chi connectivity index (χ0n) is 14.9. The lowest BCUT2D eigenvalue weighted by atomic mass is 10.1. The molecule has 0 aliphatic heterocycles. The van der Waals surface area contributed by atoms with Crippen LogP contribution in [0.2, 0.25) is 0 Å². The maximum atomic E-state index is 5.44. The molecule has 0 bridgehead atoms. The fraction of sp³-hybridized carbons (Fsp3) is 0.250. The number of hydrogen-bond donors (Lipinski definition) is 0. The number of nitrogens with zero attached hydrogens (tertiary/aromatic N) is 5. The number of aromatic nitrogens is 5. The topological polar surface area (TPSA) is 57.2 Å². The van der Waals surface area contributed by atoms with Crippen molar-refractivity contribution in [1.82, 2.24) is 24.1 Å². The highest BCUT2D eigenvalue weighted by Gasteiger charge is 2.22. The minimum Gasteiger partial charge on any atom is -0.383 e. The van der Waals surface area contributed by atoms with Gasteiger partial charge >= 0.3 is 0 Å². The molecule has 0 unspecified atom stereocenters. The second-order valence-corrected chi connectivity index (χ2v) is 6.18. The minimum absolute atomic E-state index is 0.193. The highest BCUT2D eigenvalue weighted by atomic mass is 16.5. The third kappa shape index (κ3) is 2.78. The molecular weight excluding hydrogens is 326 g/mol. The summed E-state index contributed by atoms with van der Waals surface area (Å²) in [7, 11) is 1.73. The van der Waals surface area contributed by atoms with Gasteiger partial charge in [-0.2, -0.15) is 5.10 Å². The van der Waals surface area contributed by atoms with Crippen molar-refractivity contribution in [2.75, 3.05) is 13.7 Å². The third-order valence-electron chi connectivity index (χ3n) is 4.60. The first kappa shape index (κ1) is 16.5. The van der Waals surface area contributed by atoms with E-state index in [1.165, 1.54) is 0 Å². The van der Waals surface area contributed by atoms with E-state index >= 15 is 0 Å². The molecule has 6 heteroatoms. The van der Waals surface area contributed by atoms with E-state index < -0.39 is 0 Å². The largest absolute Gasteiger partial charge is 0.383 e. The molecule has 0 aliphatic rings. The summed E-state index contributed by atoms with van der Waals surface area (Å²) in [6.07, 6.45) is 8.40. The molecular formula is C20H21N5O. The molecule has 132 valence electrons. The maximum absolute atomic E-state index is 5.44. The van der Waals surface area contributed by atoms with E-state index in [1.54, 1.807) is 17.8 Å². The highest BCUT2D eigenvalue weighted by Crippen LogP contribution is 2.35. The molecule has 0 radical (unpaired) electrons. The Morgan fingerprint density at radius 2 is 1.96 bits per heavy atom. The summed E-state index contributed by atoms with van der Waals surface area (Å²) in [6.45, 7) is 2.78. The summed E-state index contributed by atoms with van der Waals surface area (Å²) in [5, 5.41) is 4.46. The maximum Gasteiger partial charge on any atom is 0.164 e. The van der Waals surface area contributed by atoms with Gasteiger partial charge in [-0.05, 0) is 12.5 Å². The summed E-state index contributed by atoms with van der Waals surface area (Å²) in [5.74, 6) is 0. The van der Waals surface area contributed by atoms with E-state index in [0.29, 0.717) is 6.61 Å². The van der Waals surface area contributed by atoms with E-state index in [-0.39, 0.29) is 6.04 Å². The van der Waals surface area contributed by atoms with Gasteiger partial charge in [-0.3, -0.25) is 0 Å². The first-order chi connectivity index (χ1) is 12.8. The quantitative estimate of drug-likeness (QED) is 0.531. The Hall–Kier alpha value is -2.99. The van der Waals surface area contributed by atoms with Crippen molar-refractivity contribution in [3.05, 3.63) is 61.3 Å². The molecule has 4 aromatic rings. The number of rotatable bonds is 6. The molecule has 4 rings (SSSR count). The van der Waals surface area contributed by atoms with Crippen LogP contribution in [0.15, 0.2) is 61.3 Å². The van der Waals surface area contributed by atoms with Crippen LogP contribution in [0.4, 0.5) is 0 Å². The highest BCUT2D eigenvalue weighted by molar-refractivity contribution is 5.85. The molecule has 0 saturated heterocycles. The van der Waals surface area contributed by atoms with Crippen molar-refractivity contribution < 1.29 is 4.74 Å². The van der Waals surface area contributed by atoms with E-state index in [4.69, 9.17) is 9.72 Å². The molecule has 3 aromatic heterocycles. The number of ether oxygens (including phenoxy) is 1. The lowest BCUT2D eigenvalue weighted by molar-refractivity contribution is 0.154. The van der Waals surface area contributed by atoms with Gasteiger partial charge in [0, 0.05) is 25.1 Å². The van der Waals surface area contributed by atoms with Gasteiger partial charge in [-0.15, -0.1) is 0 Å². The third-order valence-corrected chi connectivity index (χ3v) is 4.60. The van der Waals surface area contributed by atoms with Crippen LogP contribution in [0.25, 0.3) is 28.2 Å². The molecule has 0 saturated carbocycles. The molecule has 26 heavy (non-hydrogen) atoms. The van der Waals surface area contributed by atoms with Crippen LogP contribution < -0.4 is 0 Å². The summed E-state index contributed by atoms with van der Waals surface area (Å²) < 4.78 is 9.42. The van der Waals surface area contributed by atoms with Gasteiger partial charge in [-0.1, -0.05) is 37.3 Å². The lowest BCUT2D eigenvalue weighted by Gasteiger charge is -2.19. The predicted molar refractivity (Wildman–Crippen MR) is 101 cm³/mol. The van der Waals surface area contributed by atoms with Crippen molar-refractivity contribution in [1.29, 1.82) is 0 Å². The standard InChI is InChI=1S/C20H21N5O/c1-3-16(13-26-2)24-14-22-18(15-8-5-4-6-9-15)19(24)17-12-23-25-11-7-10-21-20(17)25/h4-12,14,16H,3,13H2,1-2H3/t16-/m1/s1. The van der Waals surface area contributed by atoms with Crippen LogP contribution in [0, 0.1) is 0 Å². The average molecular weight is 347 g/mol. The van der Waals surface area contributed by atoms with Crippen molar-refractivity contribution in [2.45, 2.75) is 19.4 Å². The minimum atomic E-state index is 0.193. The van der Waals surface area contributed by atoms with Crippen LogP contribution in [0.3, 0.4) is 0 Å². The first-order valence-electron chi connectivity index (χ1n) is 8.73. The van der Waals surface area contributed by atoms with Crippen molar-refractivity contribution in [2.24, 2.45) is 0 Å². The van der Waals surface area contributed by atoms with Gasteiger partial charge in [0.15, 0.2) is 5.65 Å². The number of hydrogen-bond acceptors (Lipinski definition) is 4. The molecule has 3 heterocycles. The van der Waals surface area contributed by atoms with Crippen LogP contribution in [-0.2, 0) is 4.74 Å². The second-order valence-electron chi connectivity index (χ2n) is 6.18. The summed E-state index contributed by atoms with van der Waals surface area (Å²) in [6, 6.07) is 12.3. The monoisotopic (exact) mass is 347 g/mol. The Morgan fingerprint density at radius 3 is 2.73 bits per heavy atom. The van der Waals surface area contributed by atoms with E-state index in [1.807, 2.05) is 43.0 Å². The number of benzene rings is 1. The fourth-order valence-corrected chi connectivity index (χ4v) is 3.29. The Bertz CT molecular complexity index is 1010. The number of imidazole rings is 1. The van der Waals surface area contributed by atoms with E-state index in [0.717, 1.165) is 34.6 Å². The first-order valence-corrected chi connectivity index (χ1v) is 8.73. The Balaban J connectivity index is 1.96. The summed E-state index contributed by atoms with van der Waals surface area (Å²) >= 11 is 0. The van der Waals surface area contributed by atoms with Crippen LogP contribution in [-0.4, -0.2) is 37.9 Å². The molecule has 0 amide bonds. The number of methoxy groups -OCH3 is 1. The average Bonchev–Trinajstić information content (AvgIpc) is 3.30. The van der Waals surface area contributed by atoms with Gasteiger partial charge in [0.05, 0.1) is 42.1 Å². The lowest BCUT2D eigenvalue weighted by Crippen LogP contribution is -2.14. The van der Waals surface area contributed by atoms with Crippen LogP contribution >= 0.6 is 0 Å². The number of fused-ring (bicyclic) bond motifs is 1. The van der Waals surface area contributed by atoms with Crippen molar-refractivity contribution in [3.8, 4) is 22.5 Å². The molecule has 1 aromatic carbocycles. The predicted octanol–water partition coefficient (Wildman–Crippen LogP) is 3.86. The Labute approximate surface area is 152 Å². The zero-order valence-corrected chi connectivity index (χ0v) is 14.9. The van der Waals surface area contributed by atoms with Gasteiger partial charge in [-0.25, -0.2) is 14.5 Å². The van der Waals surface area contributed by atoms with E-state index in [9.17, 15) is 0 Å². The molecule has 0 N–H and O–H groups in total. The van der Waals surface area contributed by atoms with Crippen LogP contribution in [0.1, 0.15) is 19.4 Å². The Kier molecular flexibility index (Phi) is 4.50. The van der Waals surface area contributed by atoms with Crippen LogP contribution in [0.5, 0.6) is 0 Å². The summed E-state index contributed by atoms with van der Waals surface area (Å²) in [4.78, 5) is 9.28. The van der Waals surface area contributed by atoms with Gasteiger partial charge in [0.1, 0.15) is 0 Å². The molecule has 6 nitrogen and oxygen atoms in total. The fourth-order valence-electron chi connectivity index (χ4n) is 3.29. The normalized spacial score (nSPS) is 12.5. The molecule has 0 aliphatic carbocycles. The molecule has 0 fully saturated rings. The van der Waals surface area contributed by atoms with Gasteiger partial charge in [0.25, 0.3) is 0 Å². The summed E-state index contributed by atoms with van der Waals surface area (Å²) in [5.41, 5.74) is 4.81. The zero-order chi connectivity index (χ0) is 17.9. The molecule has 0 spiro atoms. The smallest absolute Gasteiger partial charge is 0.164 e. The second kappa shape index (κ2) is 7.09. The van der Waals surface area contributed by atoms with Gasteiger partial charge in [0.2, 0.25) is 0 Å². The molecule has 1 atom stereocenters. The Morgan fingerprint density at radius 1 is 1.12 bits per heavy atom. The van der Waals surface area contributed by atoms with Crippen molar-refractivity contribution in [3.63, 3.8) is 0 Å². The SMILES string of the molecule is CC[C@H](COC)n1cnc(-c2ccccc2)c1-c1cnn2cccnc12.